The van der Waals surface area contributed by atoms with Crippen LogP contribution in [0.2, 0.25) is 0 Å². The Kier molecular flexibility index (Phi) is 2.69. The molecule has 0 bridgehead atoms. The molecule has 12 heavy (non-hydrogen) atoms. The van der Waals surface area contributed by atoms with E-state index >= 15 is 0 Å². The lowest BCUT2D eigenvalue weighted by Gasteiger charge is -1.98. The average Bonchev–Trinajstić information content (AvgIpc) is 2.34. The lowest BCUT2D eigenvalue weighted by Crippen LogP contribution is -1.85. The van der Waals surface area contributed by atoms with Gasteiger partial charge in [0.2, 0.25) is 0 Å². The van der Waals surface area contributed by atoms with E-state index in [1.807, 2.05) is 20.8 Å². The molecule has 1 rings (SSSR count). The Morgan fingerprint density at radius 1 is 1.50 bits per heavy atom. The van der Waals surface area contributed by atoms with Crippen molar-refractivity contribution in [2.75, 3.05) is 0 Å². The van der Waals surface area contributed by atoms with Gasteiger partial charge in [-0.25, -0.2) is 4.98 Å². The van der Waals surface area contributed by atoms with E-state index in [9.17, 15) is 0 Å². The zero-order valence-corrected chi connectivity index (χ0v) is 8.14. The van der Waals surface area contributed by atoms with Gasteiger partial charge in [0.25, 0.3) is 0 Å². The van der Waals surface area contributed by atoms with Gasteiger partial charge in [0.1, 0.15) is 11.5 Å². The molecule has 0 saturated carbocycles. The van der Waals surface area contributed by atoms with Crippen LogP contribution in [-0.2, 0) is 0 Å². The zero-order valence-electron chi connectivity index (χ0n) is 8.14. The molecule has 0 unspecified atom stereocenters. The first kappa shape index (κ1) is 9.04. The molecule has 0 N–H and O–H groups in total. The van der Waals surface area contributed by atoms with Crippen LogP contribution in [0.25, 0.3) is 5.57 Å². The van der Waals surface area contributed by atoms with Gasteiger partial charge in [0, 0.05) is 6.92 Å². The summed E-state index contributed by atoms with van der Waals surface area (Å²) in [5, 5.41) is 0. The van der Waals surface area contributed by atoms with Crippen molar-refractivity contribution >= 4 is 5.57 Å². The van der Waals surface area contributed by atoms with Crippen molar-refractivity contribution in [3.05, 3.63) is 23.4 Å². The van der Waals surface area contributed by atoms with Gasteiger partial charge in [0.05, 0.1) is 0 Å². The molecule has 1 aromatic heterocycles. The topological polar surface area (TPSA) is 26.0 Å². The van der Waals surface area contributed by atoms with Crippen molar-refractivity contribution in [3.8, 4) is 0 Å². The molecular weight excluding hydrogens is 150 g/mol. The number of aromatic nitrogens is 1. The minimum absolute atomic E-state index is 0.746. The van der Waals surface area contributed by atoms with Gasteiger partial charge < -0.3 is 4.42 Å². The Morgan fingerprint density at radius 3 is 2.50 bits per heavy atom. The van der Waals surface area contributed by atoms with Crippen molar-refractivity contribution in [2.24, 2.45) is 0 Å². The minimum Gasteiger partial charge on any atom is -0.446 e. The third kappa shape index (κ3) is 1.58. The molecular formula is C10H15NO. The number of allylic oxidation sites excluding steroid dienone is 2. The summed E-state index contributed by atoms with van der Waals surface area (Å²) >= 11 is 0. The van der Waals surface area contributed by atoms with Crippen molar-refractivity contribution in [3.63, 3.8) is 0 Å². The molecule has 0 aliphatic rings. The van der Waals surface area contributed by atoms with Crippen LogP contribution in [0, 0.1) is 13.8 Å². The minimum atomic E-state index is 0.746. The number of aryl methyl sites for hydroxylation is 2. The van der Waals surface area contributed by atoms with E-state index in [1.54, 1.807) is 0 Å². The second-order valence-electron chi connectivity index (χ2n) is 2.81. The average molecular weight is 165 g/mol. The van der Waals surface area contributed by atoms with E-state index in [0.717, 1.165) is 23.8 Å². The van der Waals surface area contributed by atoms with Crippen molar-refractivity contribution in [2.45, 2.75) is 34.1 Å². The molecule has 2 heteroatoms. The Labute approximate surface area is 73.3 Å². The van der Waals surface area contributed by atoms with Gasteiger partial charge in [0.15, 0.2) is 5.89 Å². The first-order valence-corrected chi connectivity index (χ1v) is 4.28. The molecule has 1 heterocycles. The van der Waals surface area contributed by atoms with Crippen LogP contribution >= 0.6 is 0 Å². The van der Waals surface area contributed by atoms with Crippen LogP contribution in [0.1, 0.15) is 37.6 Å². The van der Waals surface area contributed by atoms with Crippen molar-refractivity contribution in [1.82, 2.24) is 4.98 Å². The predicted molar refractivity (Wildman–Crippen MR) is 49.9 cm³/mol. The summed E-state index contributed by atoms with van der Waals surface area (Å²) in [6, 6.07) is 0. The standard InChI is InChI=1S/C10H15NO/c1-5-9(6-2)10-7(3)12-8(4)11-10/h5H,6H2,1-4H3. The molecule has 0 aromatic carbocycles. The van der Waals surface area contributed by atoms with Gasteiger partial charge in [-0.05, 0) is 25.8 Å². The third-order valence-corrected chi connectivity index (χ3v) is 1.94. The molecule has 0 saturated heterocycles. The fourth-order valence-corrected chi connectivity index (χ4v) is 1.34. The maximum Gasteiger partial charge on any atom is 0.191 e. The van der Waals surface area contributed by atoms with E-state index in [0.29, 0.717) is 0 Å². The second kappa shape index (κ2) is 3.57. The van der Waals surface area contributed by atoms with Crippen LogP contribution in [0.15, 0.2) is 10.5 Å². The monoisotopic (exact) mass is 165 g/mol. The van der Waals surface area contributed by atoms with Crippen LogP contribution in [-0.4, -0.2) is 4.98 Å². The van der Waals surface area contributed by atoms with Gasteiger partial charge in [-0.1, -0.05) is 13.0 Å². The lowest BCUT2D eigenvalue weighted by atomic mass is 10.1. The second-order valence-corrected chi connectivity index (χ2v) is 2.81. The van der Waals surface area contributed by atoms with Gasteiger partial charge in [-0.3, -0.25) is 0 Å². The molecule has 0 radical (unpaired) electrons. The van der Waals surface area contributed by atoms with Gasteiger partial charge >= 0.3 is 0 Å². The summed E-state index contributed by atoms with van der Waals surface area (Å²) in [6.45, 7) is 7.98. The van der Waals surface area contributed by atoms with Gasteiger partial charge in [-0.2, -0.15) is 0 Å². The lowest BCUT2D eigenvalue weighted by molar-refractivity contribution is 0.494. The Hall–Kier alpha value is -1.05. The van der Waals surface area contributed by atoms with E-state index in [4.69, 9.17) is 4.42 Å². The summed E-state index contributed by atoms with van der Waals surface area (Å²) in [6.07, 6.45) is 3.09. The first-order valence-electron chi connectivity index (χ1n) is 4.28. The highest BCUT2D eigenvalue weighted by atomic mass is 16.4. The Morgan fingerprint density at radius 2 is 2.17 bits per heavy atom. The van der Waals surface area contributed by atoms with E-state index in [1.165, 1.54) is 5.57 Å². The molecule has 0 aliphatic heterocycles. The van der Waals surface area contributed by atoms with Crippen LogP contribution in [0.5, 0.6) is 0 Å². The van der Waals surface area contributed by atoms with Crippen molar-refractivity contribution < 1.29 is 4.42 Å². The predicted octanol–water partition coefficient (Wildman–Crippen LogP) is 3.10. The highest BCUT2D eigenvalue weighted by Gasteiger charge is 2.08. The summed E-state index contributed by atoms with van der Waals surface area (Å²) in [4.78, 5) is 4.32. The molecule has 2 nitrogen and oxygen atoms in total. The number of hydrogen-bond acceptors (Lipinski definition) is 2. The highest BCUT2D eigenvalue weighted by Crippen LogP contribution is 2.21. The largest absolute Gasteiger partial charge is 0.446 e. The summed E-state index contributed by atoms with van der Waals surface area (Å²) in [7, 11) is 0. The molecule has 0 fully saturated rings. The molecule has 0 spiro atoms. The molecule has 0 atom stereocenters. The van der Waals surface area contributed by atoms with E-state index in [-0.39, 0.29) is 0 Å². The number of nitrogens with zero attached hydrogens (tertiary/aromatic N) is 1. The molecule has 0 amide bonds. The molecule has 0 aliphatic carbocycles. The SMILES string of the molecule is CC=C(CC)c1nc(C)oc1C. The van der Waals surface area contributed by atoms with E-state index < -0.39 is 0 Å². The number of oxazole rings is 1. The zero-order chi connectivity index (χ0) is 9.14. The van der Waals surface area contributed by atoms with Gasteiger partial charge in [-0.15, -0.1) is 0 Å². The highest BCUT2D eigenvalue weighted by molar-refractivity contribution is 5.63. The maximum absolute atomic E-state index is 5.35. The smallest absolute Gasteiger partial charge is 0.191 e. The fourth-order valence-electron chi connectivity index (χ4n) is 1.34. The quantitative estimate of drug-likeness (QED) is 0.673. The molecule has 66 valence electrons. The Balaban J connectivity index is 3.09. The maximum atomic E-state index is 5.35. The van der Waals surface area contributed by atoms with Crippen molar-refractivity contribution in [1.29, 1.82) is 0 Å². The summed E-state index contributed by atoms with van der Waals surface area (Å²) in [5.74, 6) is 1.66. The first-order chi connectivity index (χ1) is 5.69. The fraction of sp³-hybridized carbons (Fsp3) is 0.500. The normalized spacial score (nSPS) is 12.2. The summed E-state index contributed by atoms with van der Waals surface area (Å²) < 4.78 is 5.35. The number of hydrogen-bond donors (Lipinski definition) is 0. The number of rotatable bonds is 2. The van der Waals surface area contributed by atoms with Crippen LogP contribution in [0.3, 0.4) is 0 Å². The van der Waals surface area contributed by atoms with Crippen LogP contribution < -0.4 is 0 Å². The van der Waals surface area contributed by atoms with Crippen LogP contribution in [0.4, 0.5) is 0 Å². The Bertz CT molecular complexity index is 297. The molecule has 1 aromatic rings. The third-order valence-electron chi connectivity index (χ3n) is 1.94. The summed E-state index contributed by atoms with van der Waals surface area (Å²) in [5.41, 5.74) is 2.27. The van der Waals surface area contributed by atoms with E-state index in [2.05, 4.69) is 18.0 Å².